The molecular weight excluding hydrogens is 404 g/mol. The van der Waals surface area contributed by atoms with Gasteiger partial charge in [0.2, 0.25) is 0 Å². The van der Waals surface area contributed by atoms with Crippen molar-refractivity contribution in [2.75, 3.05) is 20.6 Å². The van der Waals surface area contributed by atoms with Crippen molar-refractivity contribution in [1.82, 2.24) is 9.80 Å². The van der Waals surface area contributed by atoms with Gasteiger partial charge in [-0.3, -0.25) is 9.59 Å². The van der Waals surface area contributed by atoms with Crippen LogP contribution >= 0.6 is 27.5 Å². The highest BCUT2D eigenvalue weighted by atomic mass is 79.9. The molecule has 0 aliphatic heterocycles. The molecule has 6 heteroatoms. The molecule has 0 bridgehead atoms. The van der Waals surface area contributed by atoms with E-state index in [2.05, 4.69) is 15.9 Å². The van der Waals surface area contributed by atoms with E-state index in [4.69, 9.17) is 11.6 Å². The zero-order chi connectivity index (χ0) is 18.6. The van der Waals surface area contributed by atoms with E-state index in [1.807, 2.05) is 19.1 Å². The van der Waals surface area contributed by atoms with Crippen molar-refractivity contribution in [3.05, 3.63) is 68.7 Å². The number of hydrogen-bond donors (Lipinski definition) is 0. The normalized spacial score (nSPS) is 10.4. The fourth-order valence-corrected chi connectivity index (χ4v) is 3.15. The molecule has 2 amide bonds. The highest BCUT2D eigenvalue weighted by Crippen LogP contribution is 2.23. The molecule has 0 spiro atoms. The Labute approximate surface area is 161 Å². The topological polar surface area (TPSA) is 40.6 Å². The number of nitrogens with zero attached hydrogens (tertiary/aromatic N) is 2. The minimum Gasteiger partial charge on any atom is -0.345 e. The highest BCUT2D eigenvalue weighted by molar-refractivity contribution is 9.10. The van der Waals surface area contributed by atoms with Crippen LogP contribution in [0.15, 0.2) is 46.9 Å². The molecule has 0 saturated carbocycles. The largest absolute Gasteiger partial charge is 0.345 e. The Morgan fingerprint density at radius 1 is 1.04 bits per heavy atom. The molecule has 0 aliphatic rings. The molecule has 0 saturated heterocycles. The van der Waals surface area contributed by atoms with Crippen LogP contribution in [0.5, 0.6) is 0 Å². The average molecular weight is 424 g/mol. The van der Waals surface area contributed by atoms with Crippen molar-refractivity contribution >= 4 is 39.3 Å². The number of benzene rings is 2. The van der Waals surface area contributed by atoms with Crippen LogP contribution in [0.3, 0.4) is 0 Å². The van der Waals surface area contributed by atoms with Crippen molar-refractivity contribution in [2.24, 2.45) is 0 Å². The molecule has 0 atom stereocenters. The molecule has 0 radical (unpaired) electrons. The first-order valence-electron chi connectivity index (χ1n) is 7.88. The van der Waals surface area contributed by atoms with E-state index in [-0.39, 0.29) is 11.8 Å². The summed E-state index contributed by atoms with van der Waals surface area (Å²) in [7, 11) is 3.44. The van der Waals surface area contributed by atoms with Gasteiger partial charge in [0, 0.05) is 37.2 Å². The fourth-order valence-electron chi connectivity index (χ4n) is 2.39. The van der Waals surface area contributed by atoms with Crippen LogP contribution in [-0.2, 0) is 6.54 Å². The molecule has 0 N–H and O–H groups in total. The van der Waals surface area contributed by atoms with E-state index in [0.29, 0.717) is 29.2 Å². The molecule has 2 aromatic carbocycles. The summed E-state index contributed by atoms with van der Waals surface area (Å²) in [5.74, 6) is -0.162. The van der Waals surface area contributed by atoms with Gasteiger partial charge in [-0.25, -0.2) is 0 Å². The first-order valence-corrected chi connectivity index (χ1v) is 9.05. The SMILES string of the molecule is CCN(Cc1ccc(C(=O)N(C)C)cc1)C(=O)c1ccc(Br)cc1Cl. The van der Waals surface area contributed by atoms with Crippen LogP contribution in [0.2, 0.25) is 5.02 Å². The van der Waals surface area contributed by atoms with Gasteiger partial charge in [-0.05, 0) is 42.8 Å². The Bertz CT molecular complexity index is 775. The van der Waals surface area contributed by atoms with Gasteiger partial charge in [-0.2, -0.15) is 0 Å². The Morgan fingerprint density at radius 3 is 2.20 bits per heavy atom. The Morgan fingerprint density at radius 2 is 1.68 bits per heavy atom. The number of hydrogen-bond acceptors (Lipinski definition) is 2. The summed E-state index contributed by atoms with van der Waals surface area (Å²) in [5.41, 5.74) is 2.06. The van der Waals surface area contributed by atoms with Crippen LogP contribution in [0.1, 0.15) is 33.2 Å². The zero-order valence-corrected chi connectivity index (χ0v) is 16.8. The summed E-state index contributed by atoms with van der Waals surface area (Å²) in [6.07, 6.45) is 0. The lowest BCUT2D eigenvalue weighted by molar-refractivity contribution is 0.0751. The molecular formula is C19H20BrClN2O2. The van der Waals surface area contributed by atoms with Gasteiger partial charge in [0.05, 0.1) is 10.6 Å². The van der Waals surface area contributed by atoms with E-state index >= 15 is 0 Å². The summed E-state index contributed by atoms with van der Waals surface area (Å²) in [4.78, 5) is 27.9. The lowest BCUT2D eigenvalue weighted by Crippen LogP contribution is -2.30. The fraction of sp³-hybridized carbons (Fsp3) is 0.263. The van der Waals surface area contributed by atoms with Gasteiger partial charge in [0.25, 0.3) is 11.8 Å². The summed E-state index contributed by atoms with van der Waals surface area (Å²) < 4.78 is 0.832. The molecule has 2 aromatic rings. The standard InChI is InChI=1S/C19H20BrClN2O2/c1-4-23(19(25)16-10-9-15(20)11-17(16)21)12-13-5-7-14(8-6-13)18(24)22(2)3/h5-11H,4,12H2,1-3H3. The molecule has 25 heavy (non-hydrogen) atoms. The number of carbonyl (C=O) groups excluding carboxylic acids is 2. The average Bonchev–Trinajstić information content (AvgIpc) is 2.59. The summed E-state index contributed by atoms with van der Waals surface area (Å²) >= 11 is 9.54. The van der Waals surface area contributed by atoms with Crippen molar-refractivity contribution < 1.29 is 9.59 Å². The van der Waals surface area contributed by atoms with E-state index in [0.717, 1.165) is 10.0 Å². The van der Waals surface area contributed by atoms with Crippen molar-refractivity contribution in [3.8, 4) is 0 Å². The first kappa shape index (κ1) is 19.5. The lowest BCUT2D eigenvalue weighted by atomic mass is 10.1. The minimum absolute atomic E-state index is 0.0448. The van der Waals surface area contributed by atoms with Gasteiger partial charge in [-0.1, -0.05) is 39.7 Å². The molecule has 0 aliphatic carbocycles. The molecule has 0 unspecified atom stereocenters. The molecule has 0 aromatic heterocycles. The Kier molecular flexibility index (Phi) is 6.62. The van der Waals surface area contributed by atoms with Crippen molar-refractivity contribution in [2.45, 2.75) is 13.5 Å². The monoisotopic (exact) mass is 422 g/mol. The Hall–Kier alpha value is -1.85. The molecule has 2 rings (SSSR count). The van der Waals surface area contributed by atoms with Crippen LogP contribution < -0.4 is 0 Å². The third kappa shape index (κ3) is 4.83. The quantitative estimate of drug-likeness (QED) is 0.712. The smallest absolute Gasteiger partial charge is 0.255 e. The van der Waals surface area contributed by atoms with Gasteiger partial charge in [-0.15, -0.1) is 0 Å². The molecule has 4 nitrogen and oxygen atoms in total. The van der Waals surface area contributed by atoms with Crippen molar-refractivity contribution in [1.29, 1.82) is 0 Å². The number of carbonyl (C=O) groups is 2. The van der Waals surface area contributed by atoms with Gasteiger partial charge < -0.3 is 9.80 Å². The first-order chi connectivity index (χ1) is 11.8. The molecule has 0 fully saturated rings. The highest BCUT2D eigenvalue weighted by Gasteiger charge is 2.18. The maximum atomic E-state index is 12.7. The van der Waals surface area contributed by atoms with Gasteiger partial charge in [0.1, 0.15) is 0 Å². The lowest BCUT2D eigenvalue weighted by Gasteiger charge is -2.22. The second-order valence-corrected chi connectivity index (χ2v) is 7.16. The van der Waals surface area contributed by atoms with E-state index < -0.39 is 0 Å². The van der Waals surface area contributed by atoms with Crippen LogP contribution in [0.25, 0.3) is 0 Å². The predicted molar refractivity (Wildman–Crippen MR) is 104 cm³/mol. The third-order valence-corrected chi connectivity index (χ3v) is 4.62. The van der Waals surface area contributed by atoms with E-state index in [1.54, 1.807) is 49.3 Å². The second kappa shape index (κ2) is 8.50. The third-order valence-electron chi connectivity index (χ3n) is 3.81. The number of rotatable bonds is 5. The summed E-state index contributed by atoms with van der Waals surface area (Å²) in [5, 5.41) is 0.421. The minimum atomic E-state index is -0.117. The Balaban J connectivity index is 2.16. The molecule has 132 valence electrons. The van der Waals surface area contributed by atoms with Crippen LogP contribution in [0, 0.1) is 0 Å². The van der Waals surface area contributed by atoms with E-state index in [1.165, 1.54) is 4.90 Å². The molecule has 0 heterocycles. The van der Waals surface area contributed by atoms with Crippen LogP contribution in [0.4, 0.5) is 0 Å². The van der Waals surface area contributed by atoms with Crippen molar-refractivity contribution in [3.63, 3.8) is 0 Å². The van der Waals surface area contributed by atoms with E-state index in [9.17, 15) is 9.59 Å². The van der Waals surface area contributed by atoms with Gasteiger partial charge in [0.15, 0.2) is 0 Å². The maximum absolute atomic E-state index is 12.7. The zero-order valence-electron chi connectivity index (χ0n) is 14.4. The summed E-state index contributed by atoms with van der Waals surface area (Å²) in [6.45, 7) is 2.94. The number of amides is 2. The van der Waals surface area contributed by atoms with Gasteiger partial charge >= 0.3 is 0 Å². The predicted octanol–water partition coefficient (Wildman–Crippen LogP) is 4.47. The second-order valence-electron chi connectivity index (χ2n) is 5.84. The summed E-state index contributed by atoms with van der Waals surface area (Å²) in [6, 6.07) is 12.5. The van der Waals surface area contributed by atoms with Crippen LogP contribution in [-0.4, -0.2) is 42.3 Å². The number of halogens is 2. The maximum Gasteiger partial charge on any atom is 0.255 e.